The fourth-order valence-electron chi connectivity index (χ4n) is 3.46. The zero-order valence-corrected chi connectivity index (χ0v) is 17.7. The van der Waals surface area contributed by atoms with Crippen molar-refractivity contribution < 1.29 is 9.18 Å². The molecule has 152 valence electrons. The Labute approximate surface area is 177 Å². The van der Waals surface area contributed by atoms with Crippen molar-refractivity contribution in [2.24, 2.45) is 7.05 Å². The molecular formula is C22H20FN5OS. The molecule has 6 nitrogen and oxygen atoms in total. The largest absolute Gasteiger partial charge is 0.318 e. The number of benzene rings is 1. The van der Waals surface area contributed by atoms with Crippen molar-refractivity contribution in [3.8, 4) is 17.1 Å². The van der Waals surface area contributed by atoms with E-state index in [-0.39, 0.29) is 17.4 Å². The molecule has 4 aromatic rings. The predicted molar refractivity (Wildman–Crippen MR) is 114 cm³/mol. The first-order valence-electron chi connectivity index (χ1n) is 9.36. The van der Waals surface area contributed by atoms with Crippen LogP contribution < -0.4 is 0 Å². The molecule has 0 fully saturated rings. The summed E-state index contributed by atoms with van der Waals surface area (Å²) in [5.74, 6) is 0.632. The van der Waals surface area contributed by atoms with Gasteiger partial charge in [0.1, 0.15) is 5.82 Å². The van der Waals surface area contributed by atoms with Gasteiger partial charge in [-0.25, -0.2) is 4.39 Å². The number of pyridine rings is 1. The number of thioether (sulfide) groups is 1. The maximum Gasteiger partial charge on any atom is 0.191 e. The Morgan fingerprint density at radius 3 is 2.60 bits per heavy atom. The third-order valence-corrected chi connectivity index (χ3v) is 5.92. The third kappa shape index (κ3) is 3.78. The lowest BCUT2D eigenvalue weighted by molar-refractivity contribution is 0.102. The van der Waals surface area contributed by atoms with E-state index < -0.39 is 0 Å². The predicted octanol–water partition coefficient (Wildman–Crippen LogP) is 4.40. The molecule has 0 aliphatic heterocycles. The molecule has 8 heteroatoms. The summed E-state index contributed by atoms with van der Waals surface area (Å²) in [6.45, 7) is 3.78. The lowest BCUT2D eigenvalue weighted by Gasteiger charge is -2.10. The number of hydrogen-bond donors (Lipinski definition) is 0. The Morgan fingerprint density at radius 1 is 1.10 bits per heavy atom. The lowest BCUT2D eigenvalue weighted by atomic mass is 10.2. The van der Waals surface area contributed by atoms with Crippen LogP contribution in [0, 0.1) is 19.7 Å². The second kappa shape index (κ2) is 8.23. The van der Waals surface area contributed by atoms with Crippen LogP contribution in [0.4, 0.5) is 4.39 Å². The van der Waals surface area contributed by atoms with Crippen LogP contribution >= 0.6 is 11.8 Å². The fraction of sp³-hybridized carbons (Fsp3) is 0.182. The number of carbonyl (C=O) groups is 1. The molecule has 1 aromatic carbocycles. The normalized spacial score (nSPS) is 11.1. The number of hydrogen-bond acceptors (Lipinski definition) is 5. The van der Waals surface area contributed by atoms with Gasteiger partial charge in [0, 0.05) is 47.6 Å². The van der Waals surface area contributed by atoms with Crippen LogP contribution in [0.3, 0.4) is 0 Å². The molecule has 0 saturated carbocycles. The summed E-state index contributed by atoms with van der Waals surface area (Å²) in [5.41, 5.74) is 3.91. The average Bonchev–Trinajstić information content (AvgIpc) is 3.25. The van der Waals surface area contributed by atoms with E-state index in [4.69, 9.17) is 0 Å². The molecule has 0 unspecified atom stereocenters. The smallest absolute Gasteiger partial charge is 0.191 e. The molecule has 0 spiro atoms. The Bertz CT molecular complexity index is 1220. The summed E-state index contributed by atoms with van der Waals surface area (Å²) >= 11 is 1.34. The molecule has 0 N–H and O–H groups in total. The molecule has 30 heavy (non-hydrogen) atoms. The Morgan fingerprint density at radius 2 is 1.87 bits per heavy atom. The summed E-state index contributed by atoms with van der Waals surface area (Å²) in [4.78, 5) is 16.9. The van der Waals surface area contributed by atoms with Crippen LogP contribution in [-0.2, 0) is 7.05 Å². The van der Waals surface area contributed by atoms with Crippen LogP contribution in [0.2, 0.25) is 0 Å². The summed E-state index contributed by atoms with van der Waals surface area (Å²) in [6, 6.07) is 11.9. The SMILES string of the molecule is Cc1cc(C(=O)CSc2nnc(-c3ccncc3)n2C)c(C)n1-c1cccc(F)c1. The molecule has 0 radical (unpaired) electrons. The average molecular weight is 422 g/mol. The minimum absolute atomic E-state index is 0.00999. The van der Waals surface area contributed by atoms with Gasteiger partial charge in [-0.2, -0.15) is 0 Å². The van der Waals surface area contributed by atoms with Crippen molar-refractivity contribution in [3.05, 3.63) is 77.6 Å². The molecule has 4 rings (SSSR count). The van der Waals surface area contributed by atoms with Gasteiger partial charge < -0.3 is 9.13 Å². The van der Waals surface area contributed by atoms with Crippen LogP contribution in [-0.4, -0.2) is 35.9 Å². The van der Waals surface area contributed by atoms with Gasteiger partial charge in [0.05, 0.1) is 5.75 Å². The quantitative estimate of drug-likeness (QED) is 0.341. The van der Waals surface area contributed by atoms with E-state index in [9.17, 15) is 9.18 Å². The highest BCUT2D eigenvalue weighted by atomic mass is 32.2. The highest BCUT2D eigenvalue weighted by molar-refractivity contribution is 7.99. The monoisotopic (exact) mass is 421 g/mol. The Kier molecular flexibility index (Phi) is 5.50. The molecule has 0 bridgehead atoms. The van der Waals surface area contributed by atoms with Crippen molar-refractivity contribution in [1.82, 2.24) is 24.3 Å². The molecule has 3 aromatic heterocycles. The molecular weight excluding hydrogens is 401 g/mol. The molecule has 3 heterocycles. The zero-order valence-electron chi connectivity index (χ0n) is 16.8. The number of aryl methyl sites for hydroxylation is 1. The van der Waals surface area contributed by atoms with Crippen LogP contribution in [0.25, 0.3) is 17.1 Å². The van der Waals surface area contributed by atoms with E-state index in [0.29, 0.717) is 16.4 Å². The maximum absolute atomic E-state index is 13.7. The van der Waals surface area contributed by atoms with Gasteiger partial charge in [-0.05, 0) is 50.2 Å². The van der Waals surface area contributed by atoms with Gasteiger partial charge in [-0.1, -0.05) is 17.8 Å². The number of nitrogens with zero attached hydrogens (tertiary/aromatic N) is 5. The van der Waals surface area contributed by atoms with E-state index in [1.54, 1.807) is 18.5 Å². The minimum atomic E-state index is -0.310. The summed E-state index contributed by atoms with van der Waals surface area (Å²) in [7, 11) is 1.87. The van der Waals surface area contributed by atoms with Crippen molar-refractivity contribution >= 4 is 17.5 Å². The van der Waals surface area contributed by atoms with Gasteiger partial charge in [0.2, 0.25) is 0 Å². The first-order chi connectivity index (χ1) is 14.5. The van der Waals surface area contributed by atoms with E-state index in [2.05, 4.69) is 15.2 Å². The molecule has 0 aliphatic carbocycles. The highest BCUT2D eigenvalue weighted by Crippen LogP contribution is 2.26. The van der Waals surface area contributed by atoms with Gasteiger partial charge in [0.25, 0.3) is 0 Å². The molecule has 0 amide bonds. The second-order valence-corrected chi connectivity index (χ2v) is 7.86. The number of halogens is 1. The molecule has 0 atom stereocenters. The number of rotatable bonds is 6. The first-order valence-corrected chi connectivity index (χ1v) is 10.3. The first kappa shape index (κ1) is 20.0. The highest BCUT2D eigenvalue weighted by Gasteiger charge is 2.19. The number of aromatic nitrogens is 5. The second-order valence-electron chi connectivity index (χ2n) is 6.91. The Balaban J connectivity index is 1.53. The zero-order chi connectivity index (χ0) is 21.3. The van der Waals surface area contributed by atoms with E-state index in [1.165, 1.54) is 23.9 Å². The Hall–Kier alpha value is -3.26. The van der Waals surface area contributed by atoms with E-state index in [0.717, 1.165) is 22.8 Å². The van der Waals surface area contributed by atoms with Gasteiger partial charge in [0.15, 0.2) is 16.8 Å². The number of carbonyl (C=O) groups excluding carboxylic acids is 1. The van der Waals surface area contributed by atoms with E-state index >= 15 is 0 Å². The van der Waals surface area contributed by atoms with Crippen LogP contribution in [0.15, 0.2) is 60.0 Å². The number of Topliss-reactive ketones (excluding diaryl/α,β-unsaturated/α-hetero) is 1. The third-order valence-electron chi connectivity index (χ3n) is 4.90. The van der Waals surface area contributed by atoms with Gasteiger partial charge in [-0.3, -0.25) is 9.78 Å². The van der Waals surface area contributed by atoms with Crippen LogP contribution in [0.1, 0.15) is 21.7 Å². The van der Waals surface area contributed by atoms with Crippen molar-refractivity contribution in [1.29, 1.82) is 0 Å². The standard InChI is InChI=1S/C22H20FN5OS/c1-14-11-19(15(2)28(14)18-6-4-5-17(23)12-18)20(29)13-30-22-26-25-21(27(22)3)16-7-9-24-10-8-16/h4-12H,13H2,1-3H3. The van der Waals surface area contributed by atoms with Gasteiger partial charge >= 0.3 is 0 Å². The molecule has 0 saturated heterocycles. The van der Waals surface area contributed by atoms with Crippen molar-refractivity contribution in [2.45, 2.75) is 19.0 Å². The molecule has 0 aliphatic rings. The lowest BCUT2D eigenvalue weighted by Crippen LogP contribution is -2.06. The fourth-order valence-corrected chi connectivity index (χ4v) is 4.25. The van der Waals surface area contributed by atoms with E-state index in [1.807, 2.05) is 54.3 Å². The summed E-state index contributed by atoms with van der Waals surface area (Å²) in [5, 5.41) is 9.11. The topological polar surface area (TPSA) is 65.6 Å². The van der Waals surface area contributed by atoms with Crippen LogP contribution in [0.5, 0.6) is 0 Å². The summed E-state index contributed by atoms with van der Waals surface area (Å²) in [6.07, 6.45) is 3.41. The van der Waals surface area contributed by atoms with Crippen molar-refractivity contribution in [2.75, 3.05) is 5.75 Å². The number of ketones is 1. The van der Waals surface area contributed by atoms with Crippen molar-refractivity contribution in [3.63, 3.8) is 0 Å². The minimum Gasteiger partial charge on any atom is -0.318 e. The van der Waals surface area contributed by atoms with Gasteiger partial charge in [-0.15, -0.1) is 10.2 Å². The maximum atomic E-state index is 13.7. The summed E-state index contributed by atoms with van der Waals surface area (Å²) < 4.78 is 17.4.